The molecule has 2 aliphatic heterocycles. The minimum Gasteiger partial charge on any atom is -0.456 e. The smallest absolute Gasteiger partial charge is 0.246 e. The van der Waals surface area contributed by atoms with E-state index in [0.29, 0.717) is 31.9 Å². The van der Waals surface area contributed by atoms with Gasteiger partial charge < -0.3 is 4.74 Å². The average Bonchev–Trinajstić information content (AvgIpc) is 3.44. The van der Waals surface area contributed by atoms with Gasteiger partial charge in [0.15, 0.2) is 0 Å². The maximum absolute atomic E-state index is 13.3. The van der Waals surface area contributed by atoms with Gasteiger partial charge in [-0.05, 0) is 68.1 Å². The molecular weight excluding hydrogens is 492 g/mol. The van der Waals surface area contributed by atoms with Crippen LogP contribution < -0.4 is 4.74 Å². The molecule has 0 aromatic heterocycles. The first kappa shape index (κ1) is 21.8. The van der Waals surface area contributed by atoms with E-state index < -0.39 is 20.0 Å². The van der Waals surface area contributed by atoms with E-state index in [2.05, 4.69) is 15.9 Å². The molecule has 7 nitrogen and oxygen atoms in total. The SMILES string of the molecule is O=S(=O)(c1ccc(Oc2ccc(Br)cc2)c(S(=O)(=O)N2CCCC2)c1)N1CCCC1. The van der Waals surface area contributed by atoms with Crippen molar-refractivity contribution in [2.75, 3.05) is 26.2 Å². The van der Waals surface area contributed by atoms with E-state index in [0.717, 1.165) is 30.2 Å². The maximum atomic E-state index is 13.3. The Morgan fingerprint density at radius 2 is 1.27 bits per heavy atom. The molecule has 2 aromatic rings. The molecule has 0 spiro atoms. The van der Waals surface area contributed by atoms with Gasteiger partial charge in [-0.1, -0.05) is 15.9 Å². The van der Waals surface area contributed by atoms with Crippen LogP contribution in [0.4, 0.5) is 0 Å². The molecule has 2 aliphatic rings. The molecule has 0 aliphatic carbocycles. The standard InChI is InChI=1S/C20H23BrN2O5S2/c21-16-5-7-17(8-6-16)28-19-10-9-18(29(24,25)22-11-1-2-12-22)15-20(19)30(26,27)23-13-3-4-14-23/h5-10,15H,1-4,11-14H2. The molecule has 0 amide bonds. The first-order valence-electron chi connectivity index (χ1n) is 9.86. The highest BCUT2D eigenvalue weighted by Crippen LogP contribution is 2.35. The van der Waals surface area contributed by atoms with Crippen LogP contribution in [0.3, 0.4) is 0 Å². The Kier molecular flexibility index (Phi) is 6.23. The molecule has 0 saturated carbocycles. The van der Waals surface area contributed by atoms with Crippen molar-refractivity contribution < 1.29 is 21.6 Å². The van der Waals surface area contributed by atoms with Crippen LogP contribution in [-0.4, -0.2) is 51.6 Å². The Morgan fingerprint density at radius 3 is 1.83 bits per heavy atom. The predicted molar refractivity (Wildman–Crippen MR) is 117 cm³/mol. The third-order valence-electron chi connectivity index (χ3n) is 5.34. The van der Waals surface area contributed by atoms with Crippen LogP contribution in [0.15, 0.2) is 56.7 Å². The molecule has 0 radical (unpaired) electrons. The van der Waals surface area contributed by atoms with Gasteiger partial charge in [-0.25, -0.2) is 16.8 Å². The molecule has 0 atom stereocenters. The van der Waals surface area contributed by atoms with E-state index in [1.165, 1.54) is 26.8 Å². The van der Waals surface area contributed by atoms with Gasteiger partial charge in [0.05, 0.1) is 4.90 Å². The van der Waals surface area contributed by atoms with E-state index in [9.17, 15) is 16.8 Å². The number of halogens is 1. The van der Waals surface area contributed by atoms with Gasteiger partial charge in [0.1, 0.15) is 16.4 Å². The summed E-state index contributed by atoms with van der Waals surface area (Å²) in [5, 5.41) is 0. The third kappa shape index (κ3) is 4.29. The van der Waals surface area contributed by atoms with Crippen LogP contribution in [0, 0.1) is 0 Å². The summed E-state index contributed by atoms with van der Waals surface area (Å²) in [7, 11) is -7.64. The van der Waals surface area contributed by atoms with E-state index >= 15 is 0 Å². The maximum Gasteiger partial charge on any atom is 0.246 e. The second-order valence-electron chi connectivity index (χ2n) is 7.39. The fourth-order valence-corrected chi connectivity index (χ4v) is 7.25. The van der Waals surface area contributed by atoms with Crippen molar-refractivity contribution in [1.29, 1.82) is 0 Å². The van der Waals surface area contributed by atoms with E-state index in [1.807, 2.05) is 0 Å². The Labute approximate surface area is 185 Å². The van der Waals surface area contributed by atoms with Gasteiger partial charge in [-0.2, -0.15) is 8.61 Å². The zero-order valence-corrected chi connectivity index (χ0v) is 19.5. The number of sulfonamides is 2. The van der Waals surface area contributed by atoms with Gasteiger partial charge in [-0.3, -0.25) is 0 Å². The number of benzene rings is 2. The van der Waals surface area contributed by atoms with Crippen LogP contribution in [0.2, 0.25) is 0 Å². The van der Waals surface area contributed by atoms with E-state index in [-0.39, 0.29) is 15.5 Å². The zero-order valence-electron chi connectivity index (χ0n) is 16.3. The van der Waals surface area contributed by atoms with Gasteiger partial charge >= 0.3 is 0 Å². The van der Waals surface area contributed by atoms with Crippen LogP contribution in [0.5, 0.6) is 11.5 Å². The summed E-state index contributed by atoms with van der Waals surface area (Å²) in [6.07, 6.45) is 3.19. The van der Waals surface area contributed by atoms with Crippen molar-refractivity contribution in [3.8, 4) is 11.5 Å². The normalized spacial score (nSPS) is 18.7. The minimum atomic E-state index is -3.89. The van der Waals surface area contributed by atoms with Crippen molar-refractivity contribution in [1.82, 2.24) is 8.61 Å². The Morgan fingerprint density at radius 1 is 0.733 bits per heavy atom. The number of nitrogens with zero attached hydrogens (tertiary/aromatic N) is 2. The molecular formula is C20H23BrN2O5S2. The highest BCUT2D eigenvalue weighted by molar-refractivity contribution is 9.10. The molecule has 162 valence electrons. The molecule has 0 unspecified atom stereocenters. The topological polar surface area (TPSA) is 84.0 Å². The molecule has 2 fully saturated rings. The summed E-state index contributed by atoms with van der Waals surface area (Å²) in [6, 6.07) is 11.1. The first-order chi connectivity index (χ1) is 14.3. The van der Waals surface area contributed by atoms with Crippen LogP contribution >= 0.6 is 15.9 Å². The summed E-state index contributed by atoms with van der Waals surface area (Å²) in [4.78, 5) is -0.141. The lowest BCUT2D eigenvalue weighted by Gasteiger charge is -2.21. The molecule has 2 saturated heterocycles. The first-order valence-corrected chi connectivity index (χ1v) is 13.5. The van der Waals surface area contributed by atoms with Crippen molar-refractivity contribution in [3.63, 3.8) is 0 Å². The summed E-state index contributed by atoms with van der Waals surface area (Å²) >= 11 is 3.36. The lowest BCUT2D eigenvalue weighted by Crippen LogP contribution is -2.30. The predicted octanol–water partition coefficient (Wildman–Crippen LogP) is 3.81. The zero-order chi connectivity index (χ0) is 21.4. The van der Waals surface area contributed by atoms with E-state index in [1.54, 1.807) is 24.3 Å². The number of rotatable bonds is 6. The fraction of sp³-hybridized carbons (Fsp3) is 0.400. The van der Waals surface area contributed by atoms with Gasteiger partial charge in [0.25, 0.3) is 0 Å². The van der Waals surface area contributed by atoms with Crippen molar-refractivity contribution in [2.24, 2.45) is 0 Å². The summed E-state index contributed by atoms with van der Waals surface area (Å²) in [6.45, 7) is 1.74. The largest absolute Gasteiger partial charge is 0.456 e. The number of hydrogen-bond acceptors (Lipinski definition) is 5. The van der Waals surface area contributed by atoms with Gasteiger partial charge in [0.2, 0.25) is 20.0 Å². The van der Waals surface area contributed by atoms with Crippen molar-refractivity contribution in [2.45, 2.75) is 35.5 Å². The van der Waals surface area contributed by atoms with Gasteiger partial charge in [0, 0.05) is 30.7 Å². The molecule has 0 bridgehead atoms. The highest BCUT2D eigenvalue weighted by atomic mass is 79.9. The summed E-state index contributed by atoms with van der Waals surface area (Å²) in [5.41, 5.74) is 0. The van der Waals surface area contributed by atoms with Crippen LogP contribution in [-0.2, 0) is 20.0 Å². The molecule has 30 heavy (non-hydrogen) atoms. The van der Waals surface area contributed by atoms with Gasteiger partial charge in [-0.15, -0.1) is 0 Å². The average molecular weight is 515 g/mol. The second kappa shape index (κ2) is 8.58. The third-order valence-corrected chi connectivity index (χ3v) is 9.69. The Bertz CT molecular complexity index is 1120. The second-order valence-corrected chi connectivity index (χ2v) is 12.1. The molecule has 0 N–H and O–H groups in total. The molecule has 4 rings (SSSR count). The highest BCUT2D eigenvalue weighted by Gasteiger charge is 2.33. The quantitative estimate of drug-likeness (QED) is 0.585. The summed E-state index contributed by atoms with van der Waals surface area (Å²) < 4.78 is 62.2. The Hall–Kier alpha value is -1.46. The molecule has 10 heteroatoms. The fourth-order valence-electron chi connectivity index (χ4n) is 3.71. The number of ether oxygens (including phenoxy) is 1. The monoisotopic (exact) mass is 514 g/mol. The van der Waals surface area contributed by atoms with Crippen molar-refractivity contribution >= 4 is 36.0 Å². The Balaban J connectivity index is 1.78. The van der Waals surface area contributed by atoms with Crippen LogP contribution in [0.25, 0.3) is 0 Å². The lowest BCUT2D eigenvalue weighted by molar-refractivity contribution is 0.448. The molecule has 2 aromatic carbocycles. The van der Waals surface area contributed by atoms with E-state index in [4.69, 9.17) is 4.74 Å². The van der Waals surface area contributed by atoms with Crippen molar-refractivity contribution in [3.05, 3.63) is 46.9 Å². The van der Waals surface area contributed by atoms with Crippen LogP contribution in [0.1, 0.15) is 25.7 Å². The number of hydrogen-bond donors (Lipinski definition) is 0. The molecule has 2 heterocycles. The lowest BCUT2D eigenvalue weighted by atomic mass is 10.3. The summed E-state index contributed by atoms with van der Waals surface area (Å²) in [5.74, 6) is 0.579. The minimum absolute atomic E-state index is 0.0228.